The number of ether oxygens (including phenoxy) is 1. The summed E-state index contributed by atoms with van der Waals surface area (Å²) in [6.45, 7) is 3.04. The molecule has 1 aromatic heterocycles. The first-order chi connectivity index (χ1) is 10.7. The molecule has 2 aromatic rings. The highest BCUT2D eigenvalue weighted by Crippen LogP contribution is 2.41. The van der Waals surface area contributed by atoms with Crippen molar-refractivity contribution < 1.29 is 14.6 Å². The van der Waals surface area contributed by atoms with E-state index in [9.17, 15) is 4.79 Å². The number of aryl methyl sites for hydroxylation is 1. The van der Waals surface area contributed by atoms with Gasteiger partial charge in [-0.1, -0.05) is 18.2 Å². The number of hydrogen-bond donors (Lipinski definition) is 2. The molecule has 0 fully saturated rings. The molecular weight excluding hydrogens is 280 g/mol. The van der Waals surface area contributed by atoms with E-state index in [4.69, 9.17) is 9.84 Å². The zero-order valence-electron chi connectivity index (χ0n) is 12.4. The molecule has 3 rings (SSSR count). The Bertz CT molecular complexity index is 700. The fraction of sp³-hybridized carbons (Fsp3) is 0.294. The van der Waals surface area contributed by atoms with E-state index in [1.165, 1.54) is 0 Å². The van der Waals surface area contributed by atoms with Crippen LogP contribution < -0.4 is 10.1 Å². The second kappa shape index (κ2) is 6.05. The predicted molar refractivity (Wildman–Crippen MR) is 83.3 cm³/mol. The number of pyridine rings is 1. The summed E-state index contributed by atoms with van der Waals surface area (Å²) in [5.41, 5.74) is 4.26. The third-order valence-corrected chi connectivity index (χ3v) is 4.03. The number of fused-ring (bicyclic) bond motifs is 1. The molecule has 1 amide bonds. The Morgan fingerprint density at radius 3 is 3.05 bits per heavy atom. The largest absolute Gasteiger partial charge is 0.493 e. The molecule has 2 N–H and O–H groups in total. The van der Waals surface area contributed by atoms with Crippen molar-refractivity contribution in [1.82, 2.24) is 10.3 Å². The number of hydrogen-bond acceptors (Lipinski definition) is 3. The van der Waals surface area contributed by atoms with Gasteiger partial charge >= 0.3 is 6.09 Å². The van der Waals surface area contributed by atoms with Crippen molar-refractivity contribution in [3.63, 3.8) is 0 Å². The molecule has 114 valence electrons. The molecule has 1 aliphatic heterocycles. The van der Waals surface area contributed by atoms with Gasteiger partial charge in [0, 0.05) is 36.0 Å². The lowest BCUT2D eigenvalue weighted by Gasteiger charge is -2.28. The van der Waals surface area contributed by atoms with E-state index in [1.807, 2.05) is 37.4 Å². The maximum atomic E-state index is 10.7. The van der Waals surface area contributed by atoms with Crippen molar-refractivity contribution in [2.75, 3.05) is 13.2 Å². The molecule has 1 atom stereocenters. The van der Waals surface area contributed by atoms with Crippen molar-refractivity contribution >= 4 is 6.09 Å². The van der Waals surface area contributed by atoms with Crippen molar-refractivity contribution in [3.05, 3.63) is 47.8 Å². The first-order valence-electron chi connectivity index (χ1n) is 7.30. The molecule has 0 saturated heterocycles. The number of aromatic nitrogens is 1. The quantitative estimate of drug-likeness (QED) is 0.913. The minimum atomic E-state index is -0.993. The zero-order valence-corrected chi connectivity index (χ0v) is 12.4. The van der Waals surface area contributed by atoms with Crippen LogP contribution in [0.5, 0.6) is 5.75 Å². The van der Waals surface area contributed by atoms with Crippen LogP contribution in [-0.4, -0.2) is 29.3 Å². The fourth-order valence-electron chi connectivity index (χ4n) is 2.88. The minimum absolute atomic E-state index is 0.136. The predicted octanol–water partition coefficient (Wildman–Crippen LogP) is 3.19. The molecule has 2 heterocycles. The Hall–Kier alpha value is -2.56. The SMILES string of the molecule is Cc1ccncc1-c1cccc2c1OCC[C@H]2CNC(=O)O. The molecule has 0 spiro atoms. The highest BCUT2D eigenvalue weighted by atomic mass is 16.5. The summed E-state index contributed by atoms with van der Waals surface area (Å²) >= 11 is 0. The first-order valence-corrected chi connectivity index (χ1v) is 7.30. The van der Waals surface area contributed by atoms with Gasteiger partial charge in [0.1, 0.15) is 5.75 Å². The lowest BCUT2D eigenvalue weighted by molar-refractivity contribution is 0.191. The second-order valence-electron chi connectivity index (χ2n) is 5.43. The van der Waals surface area contributed by atoms with E-state index in [-0.39, 0.29) is 5.92 Å². The van der Waals surface area contributed by atoms with Crippen molar-refractivity contribution in [2.45, 2.75) is 19.3 Å². The maximum absolute atomic E-state index is 10.7. The summed E-state index contributed by atoms with van der Waals surface area (Å²) < 4.78 is 5.90. The van der Waals surface area contributed by atoms with Gasteiger partial charge in [-0.3, -0.25) is 4.98 Å². The summed E-state index contributed by atoms with van der Waals surface area (Å²) in [5.74, 6) is 0.985. The van der Waals surface area contributed by atoms with Gasteiger partial charge in [-0.2, -0.15) is 0 Å². The standard InChI is InChI=1S/C17H18N2O3/c1-11-5-7-18-10-15(11)14-4-2-3-13-12(9-19-17(20)21)6-8-22-16(13)14/h2-5,7,10,12,19H,6,8-9H2,1H3,(H,20,21)/t12-/m0/s1. The van der Waals surface area contributed by atoms with Crippen molar-refractivity contribution in [3.8, 4) is 16.9 Å². The van der Waals surface area contributed by atoms with Gasteiger partial charge in [-0.15, -0.1) is 0 Å². The van der Waals surface area contributed by atoms with Crippen molar-refractivity contribution in [1.29, 1.82) is 0 Å². The van der Waals surface area contributed by atoms with Crippen LogP contribution in [0.1, 0.15) is 23.5 Å². The Labute approximate surface area is 129 Å². The summed E-state index contributed by atoms with van der Waals surface area (Å²) in [5, 5.41) is 11.3. The molecule has 1 aromatic carbocycles. The van der Waals surface area contributed by atoms with Crippen LogP contribution in [0.4, 0.5) is 4.79 Å². The maximum Gasteiger partial charge on any atom is 0.404 e. The summed E-state index contributed by atoms with van der Waals surface area (Å²) in [6, 6.07) is 8.00. The van der Waals surface area contributed by atoms with E-state index >= 15 is 0 Å². The van der Waals surface area contributed by atoms with E-state index in [0.29, 0.717) is 13.2 Å². The third kappa shape index (κ3) is 2.74. The van der Waals surface area contributed by atoms with Crippen LogP contribution in [0.3, 0.4) is 0 Å². The molecule has 0 bridgehead atoms. The smallest absolute Gasteiger partial charge is 0.404 e. The third-order valence-electron chi connectivity index (χ3n) is 4.03. The van der Waals surface area contributed by atoms with Gasteiger partial charge < -0.3 is 15.2 Å². The van der Waals surface area contributed by atoms with Gasteiger partial charge in [0.25, 0.3) is 0 Å². The normalized spacial score (nSPS) is 16.5. The average Bonchev–Trinajstić information content (AvgIpc) is 2.53. The minimum Gasteiger partial charge on any atom is -0.493 e. The van der Waals surface area contributed by atoms with E-state index in [1.54, 1.807) is 6.20 Å². The topological polar surface area (TPSA) is 71.5 Å². The van der Waals surface area contributed by atoms with Crippen LogP contribution in [0, 0.1) is 6.92 Å². The van der Waals surface area contributed by atoms with E-state index in [2.05, 4.69) is 10.3 Å². The summed E-state index contributed by atoms with van der Waals surface area (Å²) in [6.07, 6.45) is 3.43. The number of rotatable bonds is 3. The fourth-order valence-corrected chi connectivity index (χ4v) is 2.88. The van der Waals surface area contributed by atoms with Gasteiger partial charge in [0.05, 0.1) is 6.61 Å². The molecular formula is C17H18N2O3. The Morgan fingerprint density at radius 1 is 1.41 bits per heavy atom. The molecule has 22 heavy (non-hydrogen) atoms. The van der Waals surface area contributed by atoms with Gasteiger partial charge in [-0.25, -0.2) is 4.79 Å². The van der Waals surface area contributed by atoms with Gasteiger partial charge in [-0.05, 0) is 30.5 Å². The number of para-hydroxylation sites is 1. The molecule has 0 unspecified atom stereocenters. The first kappa shape index (κ1) is 14.4. The van der Waals surface area contributed by atoms with Crippen LogP contribution >= 0.6 is 0 Å². The molecule has 5 nitrogen and oxygen atoms in total. The number of carboxylic acid groups (broad SMARTS) is 1. The van der Waals surface area contributed by atoms with Gasteiger partial charge in [0.15, 0.2) is 0 Å². The Kier molecular flexibility index (Phi) is 3.96. The van der Waals surface area contributed by atoms with Crippen LogP contribution in [0.2, 0.25) is 0 Å². The lowest BCUT2D eigenvalue weighted by atomic mass is 9.89. The summed E-state index contributed by atoms with van der Waals surface area (Å²) in [7, 11) is 0. The highest BCUT2D eigenvalue weighted by molar-refractivity contribution is 5.74. The Morgan fingerprint density at radius 2 is 2.27 bits per heavy atom. The number of nitrogens with zero attached hydrogens (tertiary/aromatic N) is 1. The average molecular weight is 298 g/mol. The monoisotopic (exact) mass is 298 g/mol. The van der Waals surface area contributed by atoms with E-state index in [0.717, 1.165) is 34.4 Å². The molecule has 1 aliphatic rings. The zero-order chi connectivity index (χ0) is 15.5. The second-order valence-corrected chi connectivity index (χ2v) is 5.43. The number of amides is 1. The molecule has 0 saturated carbocycles. The lowest BCUT2D eigenvalue weighted by Crippen LogP contribution is -2.29. The number of benzene rings is 1. The highest BCUT2D eigenvalue weighted by Gasteiger charge is 2.24. The van der Waals surface area contributed by atoms with E-state index < -0.39 is 6.09 Å². The number of carbonyl (C=O) groups is 1. The molecule has 0 aliphatic carbocycles. The molecule has 5 heteroatoms. The number of nitrogens with one attached hydrogen (secondary N) is 1. The summed E-state index contributed by atoms with van der Waals surface area (Å²) in [4.78, 5) is 14.9. The Balaban J connectivity index is 2.00. The van der Waals surface area contributed by atoms with Crippen LogP contribution in [0.25, 0.3) is 11.1 Å². The molecule has 0 radical (unpaired) electrons. The van der Waals surface area contributed by atoms with Crippen LogP contribution in [-0.2, 0) is 0 Å². The van der Waals surface area contributed by atoms with Crippen LogP contribution in [0.15, 0.2) is 36.7 Å². The van der Waals surface area contributed by atoms with Crippen molar-refractivity contribution in [2.24, 2.45) is 0 Å². The van der Waals surface area contributed by atoms with Gasteiger partial charge in [0.2, 0.25) is 0 Å².